The van der Waals surface area contributed by atoms with Gasteiger partial charge in [0.15, 0.2) is 8.32 Å². The van der Waals surface area contributed by atoms with E-state index in [2.05, 4.69) is 76.2 Å². The third-order valence-electron chi connectivity index (χ3n) is 18.0. The molecule has 268 valence electrons. The van der Waals surface area contributed by atoms with Crippen LogP contribution in [-0.4, -0.2) is 56.8 Å². The predicted octanol–water partition coefficient (Wildman–Crippen LogP) is 10.3. The minimum atomic E-state index is -1.95. The molecule has 2 heterocycles. The van der Waals surface area contributed by atoms with Gasteiger partial charge in [0, 0.05) is 18.5 Å². The molecular weight excluding hydrogens is 599 g/mol. The van der Waals surface area contributed by atoms with Crippen LogP contribution in [0.25, 0.3) is 0 Å². The molecule has 1 unspecified atom stereocenters. The van der Waals surface area contributed by atoms with E-state index in [0.717, 1.165) is 37.8 Å². The quantitative estimate of drug-likeness (QED) is 0.241. The van der Waals surface area contributed by atoms with Gasteiger partial charge < -0.3 is 18.8 Å². The highest BCUT2D eigenvalue weighted by molar-refractivity contribution is 6.73. The Morgan fingerprint density at radius 2 is 1.55 bits per heavy atom. The zero-order valence-corrected chi connectivity index (χ0v) is 33.3. The molecule has 7 rings (SSSR count). The Kier molecular flexibility index (Phi) is 8.49. The van der Waals surface area contributed by atoms with Gasteiger partial charge in [-0.3, -0.25) is 0 Å². The lowest BCUT2D eigenvalue weighted by Crippen LogP contribution is -2.60. The van der Waals surface area contributed by atoms with Gasteiger partial charge in [-0.25, -0.2) is 4.79 Å². The van der Waals surface area contributed by atoms with E-state index >= 15 is 0 Å². The lowest BCUT2D eigenvalue weighted by molar-refractivity contribution is -0.179. The van der Waals surface area contributed by atoms with Crippen molar-refractivity contribution in [1.29, 1.82) is 0 Å². The van der Waals surface area contributed by atoms with Crippen molar-refractivity contribution in [2.75, 3.05) is 13.1 Å². The van der Waals surface area contributed by atoms with Crippen LogP contribution in [0.1, 0.15) is 134 Å². The second-order valence-electron chi connectivity index (χ2n) is 19.7. The fourth-order valence-corrected chi connectivity index (χ4v) is 17.4. The van der Waals surface area contributed by atoms with E-state index in [-0.39, 0.29) is 47.3 Å². The highest BCUT2D eigenvalue weighted by Gasteiger charge is 2.84. The molecule has 5 saturated carbocycles. The highest BCUT2D eigenvalue weighted by atomic mass is 28.4. The number of hydrogen-bond acceptors (Lipinski definition) is 4. The number of ether oxygens (including phenoxy) is 2. The van der Waals surface area contributed by atoms with Crippen molar-refractivity contribution < 1.29 is 18.7 Å². The first-order valence-electron chi connectivity index (χ1n) is 20.4. The standard InChI is InChI=1S/C41H71NO4Si/c1-12-47(13-2,14-3)46-35-34-32(27(6)24-29(44-34)33(26(4)5)45-36(43)42-22-15-23-42)38(10)20-21-41-25-40(41)19-18-28(7)37(8,9)30(40)16-17-31(41)39(35,38)11/h26-35H,12-25H2,1-11H3/t27-,28+,29-,30+,31+,32+,33?,34+,35+,38-,39-,40-,41+/m1/s1. The van der Waals surface area contributed by atoms with Crippen LogP contribution < -0.4 is 0 Å². The number of rotatable bonds is 8. The number of carbonyl (C=O) groups excluding carboxylic acids is 1. The number of likely N-dealkylation sites (tertiary alicyclic amines) is 1. The van der Waals surface area contributed by atoms with Crippen LogP contribution in [0.15, 0.2) is 0 Å². The van der Waals surface area contributed by atoms with Crippen LogP contribution in [0.5, 0.6) is 0 Å². The summed E-state index contributed by atoms with van der Waals surface area (Å²) in [5.41, 5.74) is 1.75. The Bertz CT molecular complexity index is 1210. The minimum Gasteiger partial charge on any atom is -0.443 e. The fourth-order valence-electron chi connectivity index (χ4n) is 14.5. The summed E-state index contributed by atoms with van der Waals surface area (Å²) in [4.78, 5) is 15.0. The predicted molar refractivity (Wildman–Crippen MR) is 193 cm³/mol. The Labute approximate surface area is 289 Å². The van der Waals surface area contributed by atoms with Gasteiger partial charge in [-0.15, -0.1) is 0 Å². The monoisotopic (exact) mass is 670 g/mol. The number of nitrogens with zero attached hydrogens (tertiary/aromatic N) is 1. The summed E-state index contributed by atoms with van der Waals surface area (Å²) in [6.07, 6.45) is 11.6. The van der Waals surface area contributed by atoms with Crippen LogP contribution in [0.3, 0.4) is 0 Å². The zero-order valence-electron chi connectivity index (χ0n) is 32.3. The van der Waals surface area contributed by atoms with Crippen LogP contribution in [-0.2, 0) is 13.9 Å². The average Bonchev–Trinajstić information content (AvgIpc) is 3.63. The minimum absolute atomic E-state index is 0.0737. The third-order valence-corrected chi connectivity index (χ3v) is 22.6. The van der Waals surface area contributed by atoms with Gasteiger partial charge in [0.2, 0.25) is 0 Å². The SMILES string of the molecule is CC[Si](CC)(CC)O[C@H]1[C@H]2O[C@@H](C(OC(=O)N3CCC3)C(C)C)C[C@@H](C)[C@@H]2[C@@]2(C)CC[C@@]34C[C@@]35CC[C@H](C)C(C)(C)[C@@H]5CC[C@H]4[C@]12C. The molecule has 0 radical (unpaired) electrons. The molecule has 0 aromatic carbocycles. The molecule has 7 fully saturated rings. The van der Waals surface area contributed by atoms with E-state index in [1.54, 1.807) is 0 Å². The normalized spacial score (nSPS) is 48.7. The average molecular weight is 670 g/mol. The molecule has 2 aliphatic heterocycles. The highest BCUT2D eigenvalue weighted by Crippen LogP contribution is 2.89. The Morgan fingerprint density at radius 1 is 0.915 bits per heavy atom. The Morgan fingerprint density at radius 3 is 2.15 bits per heavy atom. The summed E-state index contributed by atoms with van der Waals surface area (Å²) in [6.45, 7) is 29.0. The lowest BCUT2D eigenvalue weighted by atomic mass is 9.41. The molecular formula is C41H71NO4Si. The van der Waals surface area contributed by atoms with Gasteiger partial charge in [0.25, 0.3) is 0 Å². The second-order valence-corrected chi connectivity index (χ2v) is 24.4. The van der Waals surface area contributed by atoms with Crippen LogP contribution in [0.2, 0.25) is 18.1 Å². The molecule has 2 spiro atoms. The molecule has 0 N–H and O–H groups in total. The van der Waals surface area contributed by atoms with E-state index in [1.165, 1.54) is 63.1 Å². The van der Waals surface area contributed by atoms with E-state index < -0.39 is 8.32 Å². The molecule has 7 aliphatic rings. The largest absolute Gasteiger partial charge is 0.443 e. The first kappa shape index (κ1) is 34.8. The van der Waals surface area contributed by atoms with Crippen molar-refractivity contribution in [2.24, 2.45) is 62.6 Å². The van der Waals surface area contributed by atoms with Crippen LogP contribution in [0, 0.1) is 62.6 Å². The molecule has 0 bridgehead atoms. The van der Waals surface area contributed by atoms with Crippen molar-refractivity contribution in [3.63, 3.8) is 0 Å². The summed E-state index contributed by atoms with van der Waals surface area (Å²) in [7, 11) is -1.95. The maximum Gasteiger partial charge on any atom is 0.410 e. The summed E-state index contributed by atoms with van der Waals surface area (Å²) in [5, 5.41) is 0. The maximum absolute atomic E-state index is 13.2. The van der Waals surface area contributed by atoms with Crippen LogP contribution in [0.4, 0.5) is 4.79 Å². The topological polar surface area (TPSA) is 48.0 Å². The summed E-state index contributed by atoms with van der Waals surface area (Å²) >= 11 is 0. The number of carbonyl (C=O) groups is 1. The molecule has 13 atom stereocenters. The first-order valence-corrected chi connectivity index (χ1v) is 22.9. The number of fused-ring (bicyclic) bond motifs is 4. The van der Waals surface area contributed by atoms with Gasteiger partial charge >= 0.3 is 6.09 Å². The van der Waals surface area contributed by atoms with Gasteiger partial charge in [0.1, 0.15) is 6.10 Å². The van der Waals surface area contributed by atoms with Crippen molar-refractivity contribution in [1.82, 2.24) is 4.90 Å². The van der Waals surface area contributed by atoms with E-state index in [0.29, 0.717) is 34.0 Å². The molecule has 1 amide bonds. The van der Waals surface area contributed by atoms with Crippen molar-refractivity contribution >= 4 is 14.4 Å². The fraction of sp³-hybridized carbons (Fsp3) is 0.976. The summed E-state index contributed by atoms with van der Waals surface area (Å²) in [6, 6.07) is 3.53. The molecule has 0 aromatic heterocycles. The molecule has 2 saturated heterocycles. The van der Waals surface area contributed by atoms with Gasteiger partial charge in [-0.1, -0.05) is 76.2 Å². The number of amides is 1. The molecule has 0 aromatic rings. The van der Waals surface area contributed by atoms with Gasteiger partial charge in [0.05, 0.1) is 18.3 Å². The summed E-state index contributed by atoms with van der Waals surface area (Å²) < 4.78 is 21.8. The molecule has 5 aliphatic carbocycles. The van der Waals surface area contributed by atoms with Crippen molar-refractivity contribution in [3.05, 3.63) is 0 Å². The smallest absolute Gasteiger partial charge is 0.410 e. The first-order chi connectivity index (χ1) is 22.1. The number of hydrogen-bond donors (Lipinski definition) is 0. The van der Waals surface area contributed by atoms with Gasteiger partial charge in [-0.05, 0) is 133 Å². The molecule has 5 nitrogen and oxygen atoms in total. The van der Waals surface area contributed by atoms with E-state index in [9.17, 15) is 4.79 Å². The Hall–Kier alpha value is -0.593. The third kappa shape index (κ3) is 4.53. The lowest BCUT2D eigenvalue weighted by Gasteiger charge is -2.64. The second kappa shape index (κ2) is 11.5. The Balaban J connectivity index is 1.28. The van der Waals surface area contributed by atoms with Crippen molar-refractivity contribution in [3.8, 4) is 0 Å². The maximum atomic E-state index is 13.2. The zero-order chi connectivity index (χ0) is 33.9. The van der Waals surface area contributed by atoms with E-state index in [4.69, 9.17) is 13.9 Å². The van der Waals surface area contributed by atoms with Crippen molar-refractivity contribution in [2.45, 2.75) is 176 Å². The molecule has 6 heteroatoms. The summed E-state index contributed by atoms with van der Waals surface area (Å²) in [5.74, 6) is 3.60. The van der Waals surface area contributed by atoms with E-state index in [1.807, 2.05) is 4.90 Å². The van der Waals surface area contributed by atoms with Gasteiger partial charge in [-0.2, -0.15) is 0 Å². The van der Waals surface area contributed by atoms with Crippen LogP contribution >= 0.6 is 0 Å². The molecule has 47 heavy (non-hydrogen) atoms.